The molecule has 1 heterocycles. The van der Waals surface area contributed by atoms with E-state index in [1.807, 2.05) is 18.9 Å². The number of nitrogens with zero attached hydrogens (tertiary/aromatic N) is 2. The number of rotatable bonds is 6. The SMILES string of the molecule is CCOc1ccc(S(=O)(=O)Nc2ccc(C(=O)N3CCN(C)CC3)cc2)cc1. The summed E-state index contributed by atoms with van der Waals surface area (Å²) < 4.78 is 32.9. The molecule has 0 radical (unpaired) electrons. The molecule has 8 heteroatoms. The highest BCUT2D eigenvalue weighted by Gasteiger charge is 2.20. The number of hydrogen-bond acceptors (Lipinski definition) is 5. The Morgan fingerprint density at radius 2 is 1.61 bits per heavy atom. The van der Waals surface area contributed by atoms with Crippen molar-refractivity contribution in [2.45, 2.75) is 11.8 Å². The molecule has 1 amide bonds. The van der Waals surface area contributed by atoms with Gasteiger partial charge in [0, 0.05) is 37.4 Å². The molecule has 0 aliphatic carbocycles. The highest BCUT2D eigenvalue weighted by atomic mass is 32.2. The summed E-state index contributed by atoms with van der Waals surface area (Å²) >= 11 is 0. The van der Waals surface area contributed by atoms with Crippen molar-refractivity contribution in [1.29, 1.82) is 0 Å². The molecule has 0 atom stereocenters. The molecule has 1 saturated heterocycles. The van der Waals surface area contributed by atoms with Gasteiger partial charge >= 0.3 is 0 Å². The maximum atomic E-state index is 12.6. The molecule has 0 unspecified atom stereocenters. The topological polar surface area (TPSA) is 78.9 Å². The normalized spacial score (nSPS) is 15.3. The van der Waals surface area contributed by atoms with Gasteiger partial charge in [-0.2, -0.15) is 0 Å². The zero-order chi connectivity index (χ0) is 20.1. The van der Waals surface area contributed by atoms with E-state index in [-0.39, 0.29) is 10.8 Å². The molecule has 1 aliphatic heterocycles. The van der Waals surface area contributed by atoms with Gasteiger partial charge in [-0.25, -0.2) is 8.42 Å². The van der Waals surface area contributed by atoms with Crippen LogP contribution in [0.2, 0.25) is 0 Å². The van der Waals surface area contributed by atoms with Gasteiger partial charge in [0.05, 0.1) is 11.5 Å². The minimum absolute atomic E-state index is 0.0333. The second-order valence-corrected chi connectivity index (χ2v) is 8.37. The standard InChI is InChI=1S/C20H25N3O4S/c1-3-27-18-8-10-19(11-9-18)28(25,26)21-17-6-4-16(5-7-17)20(24)23-14-12-22(2)13-15-23/h4-11,21H,3,12-15H2,1-2H3. The number of hydrogen-bond donors (Lipinski definition) is 1. The Morgan fingerprint density at radius 1 is 1.00 bits per heavy atom. The highest BCUT2D eigenvalue weighted by molar-refractivity contribution is 7.92. The first kappa shape index (κ1) is 20.2. The van der Waals surface area contributed by atoms with Crippen molar-refractivity contribution in [3.8, 4) is 5.75 Å². The molecular formula is C20H25N3O4S. The van der Waals surface area contributed by atoms with Crippen LogP contribution in [-0.2, 0) is 10.0 Å². The molecule has 3 rings (SSSR count). The summed E-state index contributed by atoms with van der Waals surface area (Å²) in [7, 11) is -1.68. The molecule has 28 heavy (non-hydrogen) atoms. The van der Waals surface area contributed by atoms with Crippen LogP contribution in [-0.4, -0.2) is 64.0 Å². The van der Waals surface area contributed by atoms with E-state index in [4.69, 9.17) is 4.74 Å². The van der Waals surface area contributed by atoms with Crippen LogP contribution in [0.3, 0.4) is 0 Å². The fourth-order valence-corrected chi connectivity index (χ4v) is 4.03. The number of ether oxygens (including phenoxy) is 1. The van der Waals surface area contributed by atoms with E-state index in [0.717, 1.165) is 13.1 Å². The second-order valence-electron chi connectivity index (χ2n) is 6.68. The average Bonchev–Trinajstić information content (AvgIpc) is 2.69. The van der Waals surface area contributed by atoms with Gasteiger partial charge in [0.1, 0.15) is 5.75 Å². The quantitative estimate of drug-likeness (QED) is 0.801. The van der Waals surface area contributed by atoms with Crippen LogP contribution in [0.5, 0.6) is 5.75 Å². The summed E-state index contributed by atoms with van der Waals surface area (Å²) in [5, 5.41) is 0. The number of benzene rings is 2. The fraction of sp³-hybridized carbons (Fsp3) is 0.350. The molecular weight excluding hydrogens is 378 g/mol. The number of sulfonamides is 1. The van der Waals surface area contributed by atoms with Gasteiger partial charge in [-0.15, -0.1) is 0 Å². The Bertz CT molecular complexity index is 903. The van der Waals surface area contributed by atoms with E-state index in [1.54, 1.807) is 36.4 Å². The molecule has 0 bridgehead atoms. The third kappa shape index (κ3) is 4.82. The lowest BCUT2D eigenvalue weighted by atomic mass is 10.1. The number of carbonyl (C=O) groups is 1. The highest BCUT2D eigenvalue weighted by Crippen LogP contribution is 2.20. The maximum absolute atomic E-state index is 12.6. The van der Waals surface area contributed by atoms with Crippen molar-refractivity contribution in [3.63, 3.8) is 0 Å². The largest absolute Gasteiger partial charge is 0.494 e. The first-order valence-corrected chi connectivity index (χ1v) is 10.7. The predicted molar refractivity (Wildman–Crippen MR) is 108 cm³/mol. The van der Waals surface area contributed by atoms with Crippen LogP contribution >= 0.6 is 0 Å². The van der Waals surface area contributed by atoms with Crippen LogP contribution < -0.4 is 9.46 Å². The predicted octanol–water partition coefficient (Wildman–Crippen LogP) is 2.27. The monoisotopic (exact) mass is 403 g/mol. The fourth-order valence-electron chi connectivity index (χ4n) is 2.97. The summed E-state index contributed by atoms with van der Waals surface area (Å²) in [5.41, 5.74) is 0.956. The van der Waals surface area contributed by atoms with Crippen molar-refractivity contribution in [3.05, 3.63) is 54.1 Å². The summed E-state index contributed by atoms with van der Waals surface area (Å²) in [4.78, 5) is 16.7. The molecule has 7 nitrogen and oxygen atoms in total. The van der Waals surface area contributed by atoms with Crippen molar-refractivity contribution in [2.75, 3.05) is 44.6 Å². The van der Waals surface area contributed by atoms with Crippen LogP contribution in [0.1, 0.15) is 17.3 Å². The third-order valence-corrected chi connectivity index (χ3v) is 6.02. The smallest absolute Gasteiger partial charge is 0.261 e. The molecule has 150 valence electrons. The van der Waals surface area contributed by atoms with E-state index in [9.17, 15) is 13.2 Å². The van der Waals surface area contributed by atoms with Crippen molar-refractivity contribution in [1.82, 2.24) is 9.80 Å². The Morgan fingerprint density at radius 3 is 2.18 bits per heavy atom. The molecule has 1 N–H and O–H groups in total. The van der Waals surface area contributed by atoms with Crippen LogP contribution in [0, 0.1) is 0 Å². The van der Waals surface area contributed by atoms with E-state index >= 15 is 0 Å². The minimum Gasteiger partial charge on any atom is -0.494 e. The number of piperazine rings is 1. The lowest BCUT2D eigenvalue weighted by Crippen LogP contribution is -2.47. The number of amides is 1. The second kappa shape index (κ2) is 8.62. The van der Waals surface area contributed by atoms with Crippen molar-refractivity contribution in [2.24, 2.45) is 0 Å². The van der Waals surface area contributed by atoms with Crippen LogP contribution in [0.25, 0.3) is 0 Å². The number of anilines is 1. The maximum Gasteiger partial charge on any atom is 0.261 e. The van der Waals surface area contributed by atoms with Crippen molar-refractivity contribution < 1.29 is 17.9 Å². The third-order valence-electron chi connectivity index (χ3n) is 4.62. The molecule has 0 aromatic heterocycles. The first-order chi connectivity index (χ1) is 13.4. The van der Waals surface area contributed by atoms with E-state index in [1.165, 1.54) is 12.1 Å². The zero-order valence-corrected chi connectivity index (χ0v) is 16.9. The molecule has 0 spiro atoms. The van der Waals surface area contributed by atoms with Gasteiger partial charge < -0.3 is 14.5 Å². The number of likely N-dealkylation sites (N-methyl/N-ethyl adjacent to an activating group) is 1. The Kier molecular flexibility index (Phi) is 6.21. The molecule has 0 saturated carbocycles. The van der Waals surface area contributed by atoms with Gasteiger partial charge in [-0.1, -0.05) is 0 Å². The van der Waals surface area contributed by atoms with E-state index in [2.05, 4.69) is 9.62 Å². The molecule has 1 aliphatic rings. The summed E-state index contributed by atoms with van der Waals surface area (Å²) in [6.07, 6.45) is 0. The zero-order valence-electron chi connectivity index (χ0n) is 16.1. The Balaban J connectivity index is 1.67. The summed E-state index contributed by atoms with van der Waals surface area (Å²) in [6, 6.07) is 12.8. The molecule has 2 aromatic carbocycles. The van der Waals surface area contributed by atoms with Gasteiger partial charge in [0.25, 0.3) is 15.9 Å². The lowest BCUT2D eigenvalue weighted by Gasteiger charge is -2.32. The average molecular weight is 404 g/mol. The van der Waals surface area contributed by atoms with Crippen LogP contribution in [0.15, 0.2) is 53.4 Å². The first-order valence-electron chi connectivity index (χ1n) is 9.22. The Labute approximate surface area is 166 Å². The van der Waals surface area contributed by atoms with Gasteiger partial charge in [0.2, 0.25) is 0 Å². The van der Waals surface area contributed by atoms with Crippen LogP contribution in [0.4, 0.5) is 5.69 Å². The molecule has 2 aromatic rings. The number of nitrogens with one attached hydrogen (secondary N) is 1. The lowest BCUT2D eigenvalue weighted by molar-refractivity contribution is 0.0664. The Hall–Kier alpha value is -2.58. The summed E-state index contributed by atoms with van der Waals surface area (Å²) in [6.45, 7) is 5.48. The summed E-state index contributed by atoms with van der Waals surface area (Å²) in [5.74, 6) is 0.585. The van der Waals surface area contributed by atoms with Crippen molar-refractivity contribution >= 4 is 21.6 Å². The van der Waals surface area contributed by atoms with Gasteiger partial charge in [0.15, 0.2) is 0 Å². The van der Waals surface area contributed by atoms with E-state index < -0.39 is 10.0 Å². The minimum atomic E-state index is -3.71. The number of carbonyl (C=O) groups excluding carboxylic acids is 1. The molecule has 1 fully saturated rings. The van der Waals surface area contributed by atoms with E-state index in [0.29, 0.717) is 36.7 Å². The van der Waals surface area contributed by atoms with Gasteiger partial charge in [-0.3, -0.25) is 9.52 Å². The van der Waals surface area contributed by atoms with Gasteiger partial charge in [-0.05, 0) is 62.5 Å².